The second-order valence-corrected chi connectivity index (χ2v) is 4.50. The maximum atomic E-state index is 13.7. The highest BCUT2D eigenvalue weighted by Gasteiger charge is 2.16. The molecule has 5 heteroatoms. The molecule has 2 rings (SSSR count). The molecule has 104 valence electrons. The second kappa shape index (κ2) is 5.28. The quantitative estimate of drug-likeness (QED) is 0.920. The largest absolute Gasteiger partial charge is 0.478 e. The molecule has 0 saturated heterocycles. The molecule has 2 aromatic carbocycles. The van der Waals surface area contributed by atoms with Crippen LogP contribution in [0.15, 0.2) is 30.3 Å². The summed E-state index contributed by atoms with van der Waals surface area (Å²) >= 11 is 0. The lowest BCUT2D eigenvalue weighted by atomic mass is 10.1. The van der Waals surface area contributed by atoms with Crippen LogP contribution in [0.1, 0.15) is 21.5 Å². The molecule has 0 heterocycles. The molecule has 0 atom stereocenters. The van der Waals surface area contributed by atoms with E-state index < -0.39 is 28.9 Å². The highest BCUT2D eigenvalue weighted by Crippen LogP contribution is 2.29. The van der Waals surface area contributed by atoms with Gasteiger partial charge in [0, 0.05) is 0 Å². The molecular weight excluding hydrogens is 266 g/mol. The van der Waals surface area contributed by atoms with Crippen molar-refractivity contribution in [3.8, 4) is 11.5 Å². The second-order valence-electron chi connectivity index (χ2n) is 4.50. The predicted molar refractivity (Wildman–Crippen MR) is 69.3 cm³/mol. The SMILES string of the molecule is Cc1cc(C)cc(Oc2c(F)cc(C(=O)O)cc2F)c1. The molecule has 0 bridgehead atoms. The van der Waals surface area contributed by atoms with E-state index >= 15 is 0 Å². The number of benzene rings is 2. The predicted octanol–water partition coefficient (Wildman–Crippen LogP) is 4.07. The number of carboxylic acid groups (broad SMARTS) is 1. The Morgan fingerprint density at radius 3 is 1.95 bits per heavy atom. The van der Waals surface area contributed by atoms with E-state index in [2.05, 4.69) is 0 Å². The van der Waals surface area contributed by atoms with E-state index in [4.69, 9.17) is 9.84 Å². The lowest BCUT2D eigenvalue weighted by Gasteiger charge is -2.10. The van der Waals surface area contributed by atoms with Crippen molar-refractivity contribution in [3.63, 3.8) is 0 Å². The van der Waals surface area contributed by atoms with Gasteiger partial charge in [0.15, 0.2) is 17.4 Å². The number of aryl methyl sites for hydroxylation is 2. The van der Waals surface area contributed by atoms with Gasteiger partial charge in [-0.15, -0.1) is 0 Å². The fraction of sp³-hybridized carbons (Fsp3) is 0.133. The summed E-state index contributed by atoms with van der Waals surface area (Å²) < 4.78 is 32.7. The fourth-order valence-electron chi connectivity index (χ4n) is 1.89. The molecule has 0 aliphatic rings. The van der Waals surface area contributed by atoms with Crippen molar-refractivity contribution >= 4 is 5.97 Å². The van der Waals surface area contributed by atoms with Crippen LogP contribution in [0, 0.1) is 25.5 Å². The van der Waals surface area contributed by atoms with Crippen molar-refractivity contribution in [1.29, 1.82) is 0 Å². The number of halogens is 2. The Morgan fingerprint density at radius 1 is 1.00 bits per heavy atom. The number of hydrogen-bond donors (Lipinski definition) is 1. The van der Waals surface area contributed by atoms with Crippen LogP contribution in [-0.2, 0) is 0 Å². The maximum Gasteiger partial charge on any atom is 0.335 e. The lowest BCUT2D eigenvalue weighted by molar-refractivity contribution is 0.0695. The monoisotopic (exact) mass is 278 g/mol. The highest BCUT2D eigenvalue weighted by atomic mass is 19.1. The number of carbonyl (C=O) groups is 1. The smallest absolute Gasteiger partial charge is 0.335 e. The Morgan fingerprint density at radius 2 is 1.50 bits per heavy atom. The van der Waals surface area contributed by atoms with Gasteiger partial charge >= 0.3 is 5.97 Å². The van der Waals surface area contributed by atoms with Gasteiger partial charge in [0.05, 0.1) is 5.56 Å². The summed E-state index contributed by atoms with van der Waals surface area (Å²) in [5.41, 5.74) is 1.32. The van der Waals surface area contributed by atoms with Gasteiger partial charge in [-0.05, 0) is 49.2 Å². The van der Waals surface area contributed by atoms with E-state index in [0.29, 0.717) is 5.75 Å². The van der Waals surface area contributed by atoms with E-state index in [0.717, 1.165) is 23.3 Å². The highest BCUT2D eigenvalue weighted by molar-refractivity contribution is 5.87. The number of carboxylic acids is 1. The molecule has 0 amide bonds. The molecule has 20 heavy (non-hydrogen) atoms. The number of rotatable bonds is 3. The molecule has 0 radical (unpaired) electrons. The van der Waals surface area contributed by atoms with Gasteiger partial charge in [0.25, 0.3) is 0 Å². The maximum absolute atomic E-state index is 13.7. The topological polar surface area (TPSA) is 46.5 Å². The summed E-state index contributed by atoms with van der Waals surface area (Å²) in [6.45, 7) is 3.67. The third-order valence-electron chi connectivity index (χ3n) is 2.66. The van der Waals surface area contributed by atoms with Crippen molar-refractivity contribution < 1.29 is 23.4 Å². The van der Waals surface area contributed by atoms with Gasteiger partial charge in [0.1, 0.15) is 5.75 Å². The van der Waals surface area contributed by atoms with Crippen molar-refractivity contribution in [3.05, 3.63) is 58.7 Å². The van der Waals surface area contributed by atoms with Crippen LogP contribution in [0.2, 0.25) is 0 Å². The van der Waals surface area contributed by atoms with Gasteiger partial charge in [-0.25, -0.2) is 13.6 Å². The van der Waals surface area contributed by atoms with Crippen LogP contribution >= 0.6 is 0 Å². The lowest BCUT2D eigenvalue weighted by Crippen LogP contribution is -2.01. The van der Waals surface area contributed by atoms with Crippen LogP contribution in [-0.4, -0.2) is 11.1 Å². The van der Waals surface area contributed by atoms with Crippen LogP contribution in [0.4, 0.5) is 8.78 Å². The van der Waals surface area contributed by atoms with E-state index in [9.17, 15) is 13.6 Å². The first-order valence-electron chi connectivity index (χ1n) is 5.85. The molecule has 0 unspecified atom stereocenters. The number of ether oxygens (including phenoxy) is 1. The first kappa shape index (κ1) is 14.0. The molecule has 0 fully saturated rings. The van der Waals surface area contributed by atoms with E-state index in [1.54, 1.807) is 12.1 Å². The molecule has 2 aromatic rings. The minimum atomic E-state index is -1.40. The fourth-order valence-corrected chi connectivity index (χ4v) is 1.89. The van der Waals surface area contributed by atoms with Crippen molar-refractivity contribution in [1.82, 2.24) is 0 Å². The number of aromatic carboxylic acids is 1. The summed E-state index contributed by atoms with van der Waals surface area (Å²) in [5, 5.41) is 8.71. The zero-order valence-corrected chi connectivity index (χ0v) is 10.9. The standard InChI is InChI=1S/C15H12F2O3/c1-8-3-9(2)5-11(4-8)20-14-12(16)6-10(15(18)19)7-13(14)17/h3-7H,1-2H3,(H,18,19). The average molecular weight is 278 g/mol. The molecule has 1 N–H and O–H groups in total. The minimum Gasteiger partial charge on any atom is -0.478 e. The molecule has 0 aliphatic carbocycles. The number of hydrogen-bond acceptors (Lipinski definition) is 2. The van der Waals surface area contributed by atoms with E-state index in [-0.39, 0.29) is 0 Å². The Labute approximate surface area is 114 Å². The van der Waals surface area contributed by atoms with Crippen LogP contribution in [0.25, 0.3) is 0 Å². The summed E-state index contributed by atoms with van der Waals surface area (Å²) in [7, 11) is 0. The van der Waals surface area contributed by atoms with Gasteiger partial charge in [-0.2, -0.15) is 0 Å². The summed E-state index contributed by atoms with van der Waals surface area (Å²) in [6, 6.07) is 6.62. The van der Waals surface area contributed by atoms with Gasteiger partial charge in [0.2, 0.25) is 0 Å². The molecule has 0 aliphatic heterocycles. The molecule has 0 saturated carbocycles. The first-order valence-corrected chi connectivity index (χ1v) is 5.85. The summed E-state index contributed by atoms with van der Waals surface area (Å²) in [4.78, 5) is 10.7. The Hall–Kier alpha value is -2.43. The van der Waals surface area contributed by atoms with Crippen LogP contribution in [0.5, 0.6) is 11.5 Å². The van der Waals surface area contributed by atoms with E-state index in [1.165, 1.54) is 0 Å². The van der Waals surface area contributed by atoms with Crippen molar-refractivity contribution in [2.24, 2.45) is 0 Å². The van der Waals surface area contributed by atoms with Crippen LogP contribution in [0.3, 0.4) is 0 Å². The molecular formula is C15H12F2O3. The van der Waals surface area contributed by atoms with Gasteiger partial charge in [-0.1, -0.05) is 6.07 Å². The normalized spacial score (nSPS) is 10.4. The van der Waals surface area contributed by atoms with Gasteiger partial charge in [-0.3, -0.25) is 0 Å². The Balaban J connectivity index is 2.41. The first-order chi connectivity index (χ1) is 9.36. The molecule has 3 nitrogen and oxygen atoms in total. The zero-order chi connectivity index (χ0) is 14.9. The molecule has 0 aromatic heterocycles. The average Bonchev–Trinajstić information content (AvgIpc) is 2.32. The van der Waals surface area contributed by atoms with Crippen LogP contribution < -0.4 is 4.74 Å². The third-order valence-corrected chi connectivity index (χ3v) is 2.66. The summed E-state index contributed by atoms with van der Waals surface area (Å²) in [5.74, 6) is -3.83. The Bertz CT molecular complexity index is 638. The summed E-state index contributed by atoms with van der Waals surface area (Å²) in [6.07, 6.45) is 0. The molecule has 0 spiro atoms. The van der Waals surface area contributed by atoms with E-state index in [1.807, 2.05) is 19.9 Å². The Kier molecular flexibility index (Phi) is 3.70. The van der Waals surface area contributed by atoms with Gasteiger partial charge < -0.3 is 9.84 Å². The third kappa shape index (κ3) is 2.93. The minimum absolute atomic E-state index is 0.295. The zero-order valence-electron chi connectivity index (χ0n) is 10.9. The van der Waals surface area contributed by atoms with Crippen molar-refractivity contribution in [2.45, 2.75) is 13.8 Å². The van der Waals surface area contributed by atoms with Crippen molar-refractivity contribution in [2.75, 3.05) is 0 Å².